The van der Waals surface area contributed by atoms with Crippen molar-refractivity contribution in [2.75, 3.05) is 26.3 Å². The zero-order valence-electron chi connectivity index (χ0n) is 19.3. The molecule has 1 fully saturated rings. The minimum absolute atomic E-state index is 0.0609. The molecule has 0 unspecified atom stereocenters. The van der Waals surface area contributed by atoms with Crippen molar-refractivity contribution in [1.82, 2.24) is 19.7 Å². The van der Waals surface area contributed by atoms with Crippen molar-refractivity contribution in [2.24, 2.45) is 0 Å². The summed E-state index contributed by atoms with van der Waals surface area (Å²) in [6.07, 6.45) is -2.85. The molecule has 2 aromatic carbocycles. The number of nitrogens with zero attached hydrogens (tertiary/aromatic N) is 4. The van der Waals surface area contributed by atoms with Gasteiger partial charge in [0.05, 0.1) is 18.9 Å². The number of rotatable bonds is 4. The average molecular weight is 519 g/mol. The number of aryl methyl sites for hydroxylation is 1. The Morgan fingerprint density at radius 3 is 2.56 bits per heavy atom. The summed E-state index contributed by atoms with van der Waals surface area (Å²) < 4.78 is 50.4. The van der Waals surface area contributed by atoms with Gasteiger partial charge in [-0.1, -0.05) is 29.8 Å². The molecule has 7 nitrogen and oxygen atoms in total. The largest absolute Gasteiger partial charge is 0.573 e. The van der Waals surface area contributed by atoms with Crippen LogP contribution >= 0.6 is 11.6 Å². The highest BCUT2D eigenvalue weighted by Gasteiger charge is 2.33. The van der Waals surface area contributed by atoms with E-state index < -0.39 is 12.3 Å². The van der Waals surface area contributed by atoms with Crippen molar-refractivity contribution < 1.29 is 27.4 Å². The van der Waals surface area contributed by atoms with Gasteiger partial charge in [-0.05, 0) is 48.4 Å². The van der Waals surface area contributed by atoms with Crippen LogP contribution in [0.5, 0.6) is 5.75 Å². The number of alkyl halides is 3. The molecule has 0 spiro atoms. The quantitative estimate of drug-likeness (QED) is 0.491. The van der Waals surface area contributed by atoms with E-state index >= 15 is 0 Å². The Hall–Kier alpha value is -3.37. The summed E-state index contributed by atoms with van der Waals surface area (Å²) in [5.74, 6) is 0.186. The maximum Gasteiger partial charge on any atom is 0.573 e. The number of fused-ring (bicyclic) bond motifs is 3. The fraction of sp³-hybridized carbons (Fsp3) is 0.320. The van der Waals surface area contributed by atoms with Crippen molar-refractivity contribution in [2.45, 2.75) is 25.6 Å². The van der Waals surface area contributed by atoms with Gasteiger partial charge in [-0.3, -0.25) is 9.36 Å². The number of benzene rings is 2. The van der Waals surface area contributed by atoms with Gasteiger partial charge in [-0.15, -0.1) is 23.4 Å². The SMILES string of the molecule is Cc1nnc2n1-c1ccc(OC(F)(F)F)cc1C(c1ccc(Cl)cc1)=C[C@H]2CC(=O)N1CCOCC1. The van der Waals surface area contributed by atoms with Gasteiger partial charge in [0.25, 0.3) is 0 Å². The van der Waals surface area contributed by atoms with Crippen molar-refractivity contribution in [3.63, 3.8) is 0 Å². The number of ether oxygens (including phenoxy) is 2. The second-order valence-corrected chi connectivity index (χ2v) is 9.00. The summed E-state index contributed by atoms with van der Waals surface area (Å²) in [5, 5.41) is 9.09. The highest BCUT2D eigenvalue weighted by atomic mass is 35.5. The van der Waals surface area contributed by atoms with Crippen molar-refractivity contribution >= 4 is 23.1 Å². The number of carbonyl (C=O) groups excluding carboxylic acids is 1. The molecule has 0 saturated carbocycles. The molecule has 1 atom stereocenters. The standard InChI is InChI=1S/C25H22ClF3N4O3/c1-15-30-31-24-17(13-23(34)32-8-10-35-11-9-32)12-20(16-2-4-18(26)5-3-16)21-14-19(36-25(27,28)29)6-7-22(21)33(15)24/h2-7,12,14,17H,8-11,13H2,1H3/t17-/m0/s1. The van der Waals surface area contributed by atoms with Crippen LogP contribution in [0.2, 0.25) is 5.02 Å². The second kappa shape index (κ2) is 9.59. The first-order valence-electron chi connectivity index (χ1n) is 11.4. The van der Waals surface area contributed by atoms with Gasteiger partial charge in [-0.25, -0.2) is 0 Å². The normalized spacial score (nSPS) is 17.6. The van der Waals surface area contributed by atoms with Crippen LogP contribution in [0.4, 0.5) is 13.2 Å². The van der Waals surface area contributed by atoms with Crippen molar-refractivity contribution in [3.8, 4) is 11.4 Å². The number of hydrogen-bond acceptors (Lipinski definition) is 5. The van der Waals surface area contributed by atoms with Crippen LogP contribution in [0.1, 0.15) is 35.1 Å². The molecule has 0 aliphatic carbocycles. The summed E-state index contributed by atoms with van der Waals surface area (Å²) in [5.41, 5.74) is 2.44. The van der Waals surface area contributed by atoms with Crippen LogP contribution < -0.4 is 4.74 Å². The molecule has 3 heterocycles. The Bertz CT molecular complexity index is 1320. The molecule has 11 heteroatoms. The third-order valence-electron chi connectivity index (χ3n) is 6.20. The minimum Gasteiger partial charge on any atom is -0.406 e. The lowest BCUT2D eigenvalue weighted by Crippen LogP contribution is -2.41. The highest BCUT2D eigenvalue weighted by molar-refractivity contribution is 6.30. The van der Waals surface area contributed by atoms with E-state index in [2.05, 4.69) is 14.9 Å². The zero-order valence-corrected chi connectivity index (χ0v) is 20.0. The highest BCUT2D eigenvalue weighted by Crippen LogP contribution is 2.40. The monoisotopic (exact) mass is 518 g/mol. The molecule has 2 aliphatic heterocycles. The number of allylic oxidation sites excluding steroid dienone is 1. The van der Waals surface area contributed by atoms with Gasteiger partial charge in [-0.2, -0.15) is 0 Å². The molecule has 1 saturated heterocycles. The topological polar surface area (TPSA) is 69.5 Å². The molecule has 0 bridgehead atoms. The van der Waals surface area contributed by atoms with Gasteiger partial charge in [0.1, 0.15) is 17.4 Å². The maximum atomic E-state index is 13.2. The summed E-state index contributed by atoms with van der Waals surface area (Å²) in [4.78, 5) is 14.9. The molecule has 2 aliphatic rings. The fourth-order valence-corrected chi connectivity index (χ4v) is 4.69. The number of carbonyl (C=O) groups is 1. The predicted molar refractivity (Wildman–Crippen MR) is 126 cm³/mol. The van der Waals surface area contributed by atoms with E-state index in [4.69, 9.17) is 16.3 Å². The third-order valence-corrected chi connectivity index (χ3v) is 6.45. The Kier molecular flexibility index (Phi) is 6.48. The molecule has 36 heavy (non-hydrogen) atoms. The maximum absolute atomic E-state index is 13.2. The molecule has 3 aromatic rings. The summed E-state index contributed by atoms with van der Waals surface area (Å²) in [6.45, 7) is 3.72. The van der Waals surface area contributed by atoms with Crippen LogP contribution in [0, 0.1) is 6.92 Å². The zero-order chi connectivity index (χ0) is 25.4. The Labute approximate surface area is 210 Å². The van der Waals surface area contributed by atoms with Crippen LogP contribution in [0.25, 0.3) is 11.3 Å². The third kappa shape index (κ3) is 4.96. The molecule has 1 aromatic heterocycles. The summed E-state index contributed by atoms with van der Waals surface area (Å²) >= 11 is 6.09. The number of hydrogen-bond donors (Lipinski definition) is 0. The van der Waals surface area contributed by atoms with Crippen LogP contribution in [0.3, 0.4) is 0 Å². The molecule has 0 N–H and O–H groups in total. The minimum atomic E-state index is -4.84. The number of halogens is 4. The van der Waals surface area contributed by atoms with E-state index in [1.807, 2.05) is 6.08 Å². The van der Waals surface area contributed by atoms with Crippen molar-refractivity contribution in [1.29, 1.82) is 0 Å². The van der Waals surface area contributed by atoms with Gasteiger partial charge in [0.15, 0.2) is 0 Å². The molecule has 188 valence electrons. The second-order valence-electron chi connectivity index (χ2n) is 8.56. The van der Waals surface area contributed by atoms with Crippen LogP contribution in [-0.4, -0.2) is 58.2 Å². The van der Waals surface area contributed by atoms with Crippen LogP contribution in [-0.2, 0) is 9.53 Å². The smallest absolute Gasteiger partial charge is 0.406 e. The first-order valence-corrected chi connectivity index (χ1v) is 11.7. The first-order chi connectivity index (χ1) is 17.2. The van der Waals surface area contributed by atoms with Gasteiger partial charge >= 0.3 is 6.36 Å². The Balaban J connectivity index is 1.65. The predicted octanol–water partition coefficient (Wildman–Crippen LogP) is 4.91. The summed E-state index contributed by atoms with van der Waals surface area (Å²) in [6, 6.07) is 11.1. The fourth-order valence-electron chi connectivity index (χ4n) is 4.57. The van der Waals surface area contributed by atoms with Gasteiger partial charge in [0.2, 0.25) is 5.91 Å². The van der Waals surface area contributed by atoms with E-state index in [1.165, 1.54) is 12.1 Å². The number of aromatic nitrogens is 3. The van der Waals surface area contributed by atoms with Gasteiger partial charge < -0.3 is 14.4 Å². The van der Waals surface area contributed by atoms with Crippen LogP contribution in [0.15, 0.2) is 48.5 Å². The van der Waals surface area contributed by atoms with E-state index in [1.54, 1.807) is 46.7 Å². The van der Waals surface area contributed by atoms with Gasteiger partial charge in [0, 0.05) is 36.0 Å². The lowest BCUT2D eigenvalue weighted by Gasteiger charge is -2.28. The first kappa shape index (κ1) is 24.3. The lowest BCUT2D eigenvalue weighted by molar-refractivity contribution is -0.274. The average Bonchev–Trinajstić information content (AvgIpc) is 3.16. The Morgan fingerprint density at radius 1 is 1.14 bits per heavy atom. The molecule has 5 rings (SSSR count). The van der Waals surface area contributed by atoms with E-state index in [-0.39, 0.29) is 18.1 Å². The molecule has 0 radical (unpaired) electrons. The molecular weight excluding hydrogens is 497 g/mol. The van der Waals surface area contributed by atoms with E-state index in [9.17, 15) is 18.0 Å². The summed E-state index contributed by atoms with van der Waals surface area (Å²) in [7, 11) is 0. The number of amides is 1. The molecular formula is C25H22ClF3N4O3. The van der Waals surface area contributed by atoms with Crippen molar-refractivity contribution in [3.05, 3.63) is 76.3 Å². The molecule has 1 amide bonds. The van der Waals surface area contributed by atoms with E-state index in [0.717, 1.165) is 5.56 Å². The van der Waals surface area contributed by atoms with E-state index in [0.29, 0.717) is 59.8 Å². The Morgan fingerprint density at radius 2 is 1.86 bits per heavy atom. The number of morpholine rings is 1. The lowest BCUT2D eigenvalue weighted by atomic mass is 9.92.